The van der Waals surface area contributed by atoms with E-state index in [1.165, 1.54) is 37.7 Å². The lowest BCUT2D eigenvalue weighted by molar-refractivity contribution is 0.0225. The van der Waals surface area contributed by atoms with Crippen LogP contribution in [-0.4, -0.2) is 24.4 Å². The molecule has 2 heteroatoms. The summed E-state index contributed by atoms with van der Waals surface area (Å²) in [5, 5.41) is 8.71. The van der Waals surface area contributed by atoms with Gasteiger partial charge in [-0.3, -0.25) is 0 Å². The van der Waals surface area contributed by atoms with Crippen LogP contribution in [0.1, 0.15) is 62.8 Å². The third-order valence-electron chi connectivity index (χ3n) is 4.30. The van der Waals surface area contributed by atoms with E-state index >= 15 is 0 Å². The smallest absolute Gasteiger partial charge is 0.0575 e. The Labute approximate surface area is 123 Å². The van der Waals surface area contributed by atoms with Gasteiger partial charge in [0.2, 0.25) is 0 Å². The molecule has 1 aromatic rings. The summed E-state index contributed by atoms with van der Waals surface area (Å²) in [4.78, 5) is 0. The van der Waals surface area contributed by atoms with Gasteiger partial charge in [-0.05, 0) is 56.1 Å². The van der Waals surface area contributed by atoms with Gasteiger partial charge in [0, 0.05) is 13.2 Å². The van der Waals surface area contributed by atoms with Crippen molar-refractivity contribution in [3.05, 3.63) is 35.9 Å². The Hall–Kier alpha value is -0.860. The molecule has 1 N–H and O–H groups in total. The molecule has 1 aromatic carbocycles. The van der Waals surface area contributed by atoms with E-state index in [0.29, 0.717) is 18.6 Å². The first-order chi connectivity index (χ1) is 9.90. The second-order valence-electron chi connectivity index (χ2n) is 5.82. The van der Waals surface area contributed by atoms with Crippen LogP contribution >= 0.6 is 0 Å². The Bertz CT molecular complexity index is 342. The minimum Gasteiger partial charge on any atom is -0.396 e. The molecule has 1 saturated carbocycles. The van der Waals surface area contributed by atoms with Gasteiger partial charge in [-0.2, -0.15) is 0 Å². The van der Waals surface area contributed by atoms with E-state index in [9.17, 15) is 0 Å². The zero-order valence-corrected chi connectivity index (χ0v) is 12.4. The first kappa shape index (κ1) is 15.5. The van der Waals surface area contributed by atoms with Gasteiger partial charge >= 0.3 is 0 Å². The molecule has 0 saturated heterocycles. The molecule has 2 nitrogen and oxygen atoms in total. The predicted octanol–water partition coefficient (Wildman–Crippen LogP) is 4.08. The first-order valence-corrected chi connectivity index (χ1v) is 8.08. The highest BCUT2D eigenvalue weighted by atomic mass is 16.5. The normalized spacial score (nSPS) is 22.9. The topological polar surface area (TPSA) is 29.5 Å². The summed E-state index contributed by atoms with van der Waals surface area (Å²) in [6.45, 7) is 1.21. The molecule has 0 amide bonds. The van der Waals surface area contributed by atoms with Gasteiger partial charge < -0.3 is 9.84 Å². The number of benzene rings is 1. The van der Waals surface area contributed by atoms with E-state index in [4.69, 9.17) is 9.84 Å². The van der Waals surface area contributed by atoms with Crippen molar-refractivity contribution in [1.82, 2.24) is 0 Å². The summed E-state index contributed by atoms with van der Waals surface area (Å²) < 4.78 is 5.98. The highest BCUT2D eigenvalue weighted by Crippen LogP contribution is 2.33. The Morgan fingerprint density at radius 2 is 1.70 bits per heavy atom. The van der Waals surface area contributed by atoms with Crippen LogP contribution in [0.5, 0.6) is 0 Å². The molecule has 0 heterocycles. The highest BCUT2D eigenvalue weighted by molar-refractivity contribution is 5.19. The Morgan fingerprint density at radius 1 is 1.00 bits per heavy atom. The lowest BCUT2D eigenvalue weighted by atomic mass is 9.83. The number of aliphatic hydroxyl groups is 1. The van der Waals surface area contributed by atoms with Gasteiger partial charge in [0.1, 0.15) is 0 Å². The standard InChI is InChI=1S/C18H27O2/c19-14-6-1-2-7-15-20-18-12-10-17(11-13-18)16-8-4-3-5-9-16/h4-5,8-9,17-19H,1-2,6-7,10-15H2. The second kappa shape index (κ2) is 9.15. The quantitative estimate of drug-likeness (QED) is 0.724. The Kier molecular flexibility index (Phi) is 7.10. The predicted molar refractivity (Wildman–Crippen MR) is 81.8 cm³/mol. The first-order valence-electron chi connectivity index (χ1n) is 8.08. The zero-order valence-electron chi connectivity index (χ0n) is 12.4. The van der Waals surface area contributed by atoms with Crippen LogP contribution in [0, 0.1) is 6.07 Å². The fourth-order valence-corrected chi connectivity index (χ4v) is 3.05. The van der Waals surface area contributed by atoms with Crippen molar-refractivity contribution >= 4 is 0 Å². The summed E-state index contributed by atoms with van der Waals surface area (Å²) in [5.41, 5.74) is 1.46. The molecule has 1 fully saturated rings. The zero-order chi connectivity index (χ0) is 14.0. The summed E-state index contributed by atoms with van der Waals surface area (Å²) in [7, 11) is 0. The molecule has 0 aromatic heterocycles. The van der Waals surface area contributed by atoms with Crippen LogP contribution in [0.25, 0.3) is 0 Å². The van der Waals surface area contributed by atoms with Crippen LogP contribution in [0.4, 0.5) is 0 Å². The highest BCUT2D eigenvalue weighted by Gasteiger charge is 2.22. The lowest BCUT2D eigenvalue weighted by Crippen LogP contribution is -2.21. The maximum atomic E-state index is 8.71. The molecular weight excluding hydrogens is 248 g/mol. The molecular formula is C18H27O2. The SMILES string of the molecule is OCCCCCCOC1CCC(c2cc[c]cc2)CC1. The number of unbranched alkanes of at least 4 members (excludes halogenated alkanes) is 3. The number of ether oxygens (including phenoxy) is 1. The number of aliphatic hydroxyl groups excluding tert-OH is 1. The van der Waals surface area contributed by atoms with E-state index in [1.54, 1.807) is 0 Å². The molecule has 0 aliphatic heterocycles. The number of rotatable bonds is 8. The molecule has 1 aliphatic rings. The van der Waals surface area contributed by atoms with Crippen molar-refractivity contribution in [1.29, 1.82) is 0 Å². The maximum Gasteiger partial charge on any atom is 0.0575 e. The molecule has 20 heavy (non-hydrogen) atoms. The average Bonchev–Trinajstić information content (AvgIpc) is 2.52. The van der Waals surface area contributed by atoms with Gasteiger partial charge in [0.25, 0.3) is 0 Å². The number of hydrogen-bond donors (Lipinski definition) is 1. The van der Waals surface area contributed by atoms with E-state index in [-0.39, 0.29) is 0 Å². The summed E-state index contributed by atoms with van der Waals surface area (Å²) in [5.74, 6) is 0.717. The van der Waals surface area contributed by atoms with E-state index in [0.717, 1.165) is 25.9 Å². The molecule has 0 atom stereocenters. The molecule has 1 aliphatic carbocycles. The minimum absolute atomic E-state index is 0.322. The van der Waals surface area contributed by atoms with Crippen molar-refractivity contribution in [2.45, 2.75) is 63.4 Å². The minimum atomic E-state index is 0.322. The van der Waals surface area contributed by atoms with Crippen LogP contribution < -0.4 is 0 Å². The van der Waals surface area contributed by atoms with Crippen molar-refractivity contribution in [2.75, 3.05) is 13.2 Å². The fraction of sp³-hybridized carbons (Fsp3) is 0.667. The largest absolute Gasteiger partial charge is 0.396 e. The molecule has 111 valence electrons. The average molecular weight is 275 g/mol. The van der Waals surface area contributed by atoms with Crippen LogP contribution in [0.15, 0.2) is 24.3 Å². The van der Waals surface area contributed by atoms with E-state index < -0.39 is 0 Å². The van der Waals surface area contributed by atoms with Gasteiger partial charge in [0.05, 0.1) is 6.10 Å². The Morgan fingerprint density at radius 3 is 2.40 bits per heavy atom. The molecule has 0 unspecified atom stereocenters. The van der Waals surface area contributed by atoms with E-state index in [1.807, 2.05) is 12.1 Å². The molecule has 0 bridgehead atoms. The van der Waals surface area contributed by atoms with Gasteiger partial charge in [-0.15, -0.1) is 0 Å². The van der Waals surface area contributed by atoms with Crippen LogP contribution in [0.2, 0.25) is 0 Å². The van der Waals surface area contributed by atoms with Crippen molar-refractivity contribution in [3.8, 4) is 0 Å². The summed E-state index contributed by atoms with van der Waals surface area (Å²) >= 11 is 0. The van der Waals surface area contributed by atoms with Gasteiger partial charge in [0.15, 0.2) is 0 Å². The monoisotopic (exact) mass is 275 g/mol. The second-order valence-corrected chi connectivity index (χ2v) is 5.82. The summed E-state index contributed by atoms with van der Waals surface area (Å²) in [6, 6.07) is 11.5. The van der Waals surface area contributed by atoms with Crippen molar-refractivity contribution < 1.29 is 9.84 Å². The van der Waals surface area contributed by atoms with Crippen molar-refractivity contribution in [3.63, 3.8) is 0 Å². The molecule has 2 rings (SSSR count). The van der Waals surface area contributed by atoms with Gasteiger partial charge in [-0.1, -0.05) is 37.1 Å². The molecule has 1 radical (unpaired) electrons. The van der Waals surface area contributed by atoms with Crippen molar-refractivity contribution in [2.24, 2.45) is 0 Å². The van der Waals surface area contributed by atoms with Crippen LogP contribution in [-0.2, 0) is 4.74 Å². The number of hydrogen-bond acceptors (Lipinski definition) is 2. The summed E-state index contributed by atoms with van der Waals surface area (Å²) in [6.07, 6.45) is 9.72. The third-order valence-corrected chi connectivity index (χ3v) is 4.30. The third kappa shape index (κ3) is 5.26. The van der Waals surface area contributed by atoms with E-state index in [2.05, 4.69) is 18.2 Å². The lowest BCUT2D eigenvalue weighted by Gasteiger charge is -2.28. The maximum absolute atomic E-state index is 8.71. The van der Waals surface area contributed by atoms with Gasteiger partial charge in [-0.25, -0.2) is 0 Å². The fourth-order valence-electron chi connectivity index (χ4n) is 3.05. The van der Waals surface area contributed by atoms with Crippen LogP contribution in [0.3, 0.4) is 0 Å². The molecule has 0 spiro atoms. The Balaban J connectivity index is 1.58.